The molecular weight excluding hydrogens is 206 g/mol. The molecule has 0 amide bonds. The van der Waals surface area contributed by atoms with E-state index in [0.29, 0.717) is 6.42 Å². The van der Waals surface area contributed by atoms with E-state index in [4.69, 9.17) is 0 Å². The Balaban J connectivity index is -0.000000240. The zero-order valence-electron chi connectivity index (χ0n) is 12.0. The van der Waals surface area contributed by atoms with Crippen molar-refractivity contribution in [2.75, 3.05) is 0 Å². The molecule has 0 aliphatic rings. The summed E-state index contributed by atoms with van der Waals surface area (Å²) in [7, 11) is 0. The summed E-state index contributed by atoms with van der Waals surface area (Å²) in [6, 6.07) is 0. The molecule has 0 aromatic carbocycles. The molecule has 0 saturated carbocycles. The maximum absolute atomic E-state index is 9.89. The monoisotopic (exact) mass is 230 g/mol. The number of unbranched alkanes of at least 4 members (excludes halogenated alkanes) is 9. The van der Waals surface area contributed by atoms with Crippen molar-refractivity contribution in [2.45, 2.75) is 71.1 Å². The van der Waals surface area contributed by atoms with E-state index in [1.54, 1.807) is 0 Å². The molecule has 0 spiro atoms. The molecule has 1 nitrogen and oxygen atoms in total. The van der Waals surface area contributed by atoms with E-state index in [0.717, 1.165) is 6.42 Å². The zero-order valence-corrected chi connectivity index (χ0v) is 15.0. The number of hydrogen-bond donors (Lipinski definition) is 0. The molecule has 0 rings (SSSR count). The number of hydrogen-bond acceptors (Lipinski definition) is 1. The Bertz CT molecular complexity index is 113. The molecule has 0 heterocycles. The molecule has 80 valence electrons. The molecule has 0 N–H and O–H groups in total. The van der Waals surface area contributed by atoms with Crippen molar-refractivity contribution in [1.82, 2.24) is 0 Å². The van der Waals surface area contributed by atoms with E-state index in [2.05, 4.69) is 6.92 Å². The van der Waals surface area contributed by atoms with Crippen LogP contribution in [0.1, 0.15) is 72.6 Å². The van der Waals surface area contributed by atoms with E-state index in [-0.39, 0.29) is 60.5 Å². The third kappa shape index (κ3) is 21.5. The Morgan fingerprint density at radius 1 is 0.800 bits per heavy atom. The van der Waals surface area contributed by atoms with Gasteiger partial charge < -0.3 is 6.22 Å². The SMILES string of the molecule is CCCCCCCCCCC[C-]=O.[H-].[Na+].[Na+]. The fourth-order valence-electron chi connectivity index (χ4n) is 1.51. The molecule has 0 aromatic heterocycles. The summed E-state index contributed by atoms with van der Waals surface area (Å²) in [4.78, 5) is 9.89. The largest absolute Gasteiger partial charge is 1.00 e. The third-order valence-corrected chi connectivity index (χ3v) is 2.38. The van der Waals surface area contributed by atoms with Gasteiger partial charge in [0.2, 0.25) is 0 Å². The van der Waals surface area contributed by atoms with Gasteiger partial charge in [-0.1, -0.05) is 64.7 Å². The van der Waals surface area contributed by atoms with E-state index < -0.39 is 0 Å². The molecule has 0 unspecified atom stereocenters. The van der Waals surface area contributed by atoms with Crippen LogP contribution in [0.3, 0.4) is 0 Å². The fraction of sp³-hybridized carbons (Fsp3) is 0.917. The normalized spacial score (nSPS) is 8.87. The predicted octanol–water partition coefficient (Wildman–Crippen LogP) is -1.86. The summed E-state index contributed by atoms with van der Waals surface area (Å²) in [6.45, 7) is 2.25. The number of carbonyl (C=O) groups excluding carboxylic acids is 1. The van der Waals surface area contributed by atoms with E-state index in [1.165, 1.54) is 51.4 Å². The van der Waals surface area contributed by atoms with E-state index in [9.17, 15) is 4.79 Å². The van der Waals surface area contributed by atoms with Crippen LogP contribution in [0.4, 0.5) is 0 Å². The van der Waals surface area contributed by atoms with Gasteiger partial charge >= 0.3 is 59.1 Å². The Kier molecular flexibility index (Phi) is 30.7. The number of rotatable bonds is 10. The van der Waals surface area contributed by atoms with Crippen LogP contribution in [0.5, 0.6) is 0 Å². The van der Waals surface area contributed by atoms with Crippen LogP contribution in [-0.4, -0.2) is 6.29 Å². The first-order valence-corrected chi connectivity index (χ1v) is 5.76. The molecular formula is C12H24Na2O. The minimum Gasteiger partial charge on any atom is -1.00 e. The smallest absolute Gasteiger partial charge is 1.00 e. The van der Waals surface area contributed by atoms with Crippen molar-refractivity contribution in [3.63, 3.8) is 0 Å². The molecule has 0 aliphatic heterocycles. The van der Waals surface area contributed by atoms with Crippen molar-refractivity contribution >= 4 is 6.29 Å². The first-order chi connectivity index (χ1) is 6.41. The van der Waals surface area contributed by atoms with Crippen molar-refractivity contribution in [3.8, 4) is 0 Å². The Labute approximate surface area is 141 Å². The predicted molar refractivity (Wildman–Crippen MR) is 58.6 cm³/mol. The Hall–Kier alpha value is 1.67. The Morgan fingerprint density at radius 3 is 1.60 bits per heavy atom. The topological polar surface area (TPSA) is 17.1 Å². The van der Waals surface area contributed by atoms with Gasteiger partial charge in [0.15, 0.2) is 0 Å². The molecule has 0 aromatic rings. The van der Waals surface area contributed by atoms with Crippen LogP contribution >= 0.6 is 0 Å². The summed E-state index contributed by atoms with van der Waals surface area (Å²) in [5.74, 6) is 0. The summed E-state index contributed by atoms with van der Waals surface area (Å²) in [5.41, 5.74) is 0. The molecule has 0 aliphatic carbocycles. The van der Waals surface area contributed by atoms with E-state index >= 15 is 0 Å². The second-order valence-electron chi connectivity index (χ2n) is 3.72. The van der Waals surface area contributed by atoms with Gasteiger partial charge in [0.05, 0.1) is 0 Å². The van der Waals surface area contributed by atoms with E-state index in [1.807, 2.05) is 6.29 Å². The fourth-order valence-corrected chi connectivity index (χ4v) is 1.51. The van der Waals surface area contributed by atoms with Gasteiger partial charge in [0.1, 0.15) is 0 Å². The van der Waals surface area contributed by atoms with Gasteiger partial charge in [-0.3, -0.25) is 6.29 Å². The van der Waals surface area contributed by atoms with Gasteiger partial charge in [0.25, 0.3) is 0 Å². The molecule has 0 fully saturated rings. The summed E-state index contributed by atoms with van der Waals surface area (Å²) in [5, 5.41) is 0. The summed E-state index contributed by atoms with van der Waals surface area (Å²) >= 11 is 0. The van der Waals surface area contributed by atoms with Crippen molar-refractivity contribution < 1.29 is 65.3 Å². The van der Waals surface area contributed by atoms with Gasteiger partial charge in [-0.25, -0.2) is 0 Å². The zero-order chi connectivity index (χ0) is 9.78. The maximum Gasteiger partial charge on any atom is 1.00 e. The Morgan fingerprint density at radius 2 is 1.20 bits per heavy atom. The second kappa shape index (κ2) is 21.0. The molecule has 0 saturated heterocycles. The van der Waals surface area contributed by atoms with Gasteiger partial charge in [-0.05, 0) is 0 Å². The first-order valence-electron chi connectivity index (χ1n) is 5.76. The van der Waals surface area contributed by atoms with Crippen LogP contribution < -0.4 is 59.1 Å². The third-order valence-electron chi connectivity index (χ3n) is 2.38. The minimum atomic E-state index is 0. The summed E-state index contributed by atoms with van der Waals surface area (Å²) in [6.07, 6.45) is 14.4. The average molecular weight is 230 g/mol. The maximum atomic E-state index is 9.89. The molecule has 0 atom stereocenters. The van der Waals surface area contributed by atoms with Crippen LogP contribution in [0.2, 0.25) is 0 Å². The first kappa shape index (κ1) is 21.9. The second-order valence-corrected chi connectivity index (χ2v) is 3.72. The van der Waals surface area contributed by atoms with Gasteiger partial charge in [-0.2, -0.15) is 6.42 Å². The van der Waals surface area contributed by atoms with Gasteiger partial charge in [-0.15, -0.1) is 0 Å². The minimum absolute atomic E-state index is 0. The molecule has 0 bridgehead atoms. The van der Waals surface area contributed by atoms with Crippen molar-refractivity contribution in [1.29, 1.82) is 0 Å². The molecule has 3 heteroatoms. The standard InChI is InChI=1S/C12H23O.2Na.H/c1-2-3-4-5-6-7-8-9-10-11-12-13;;;/h2-11H2,1H3;;;/q-1;2*+1;-1. The molecule has 15 heavy (non-hydrogen) atoms. The quantitative estimate of drug-likeness (QED) is 0.244. The van der Waals surface area contributed by atoms with Crippen molar-refractivity contribution in [3.05, 3.63) is 0 Å². The van der Waals surface area contributed by atoms with Crippen LogP contribution in [0, 0.1) is 0 Å². The van der Waals surface area contributed by atoms with Crippen molar-refractivity contribution in [2.24, 2.45) is 0 Å². The van der Waals surface area contributed by atoms with Crippen LogP contribution in [0.25, 0.3) is 0 Å². The van der Waals surface area contributed by atoms with Gasteiger partial charge in [0, 0.05) is 0 Å². The average Bonchev–Trinajstić information content (AvgIpc) is 2.16. The summed E-state index contributed by atoms with van der Waals surface area (Å²) < 4.78 is 0. The molecule has 0 radical (unpaired) electrons. The van der Waals surface area contributed by atoms with Crippen LogP contribution in [0.15, 0.2) is 0 Å². The van der Waals surface area contributed by atoms with Crippen LogP contribution in [-0.2, 0) is 4.79 Å².